The second-order valence-corrected chi connectivity index (χ2v) is 6.11. The average Bonchev–Trinajstić information content (AvgIpc) is 2.73. The van der Waals surface area contributed by atoms with E-state index in [1.165, 1.54) is 6.20 Å². The second kappa shape index (κ2) is 8.24. The third-order valence-corrected chi connectivity index (χ3v) is 4.16. The molecule has 1 unspecified atom stereocenters. The second-order valence-electron chi connectivity index (χ2n) is 6.11. The summed E-state index contributed by atoms with van der Waals surface area (Å²) in [6.07, 6.45) is 4.69. The maximum absolute atomic E-state index is 12.6. The molecule has 0 saturated carbocycles. The van der Waals surface area contributed by atoms with E-state index in [4.69, 9.17) is 11.5 Å². The number of ketones is 1. The van der Waals surface area contributed by atoms with E-state index in [1.54, 1.807) is 60.9 Å². The number of nitrogens with two attached hydrogens (primary N) is 2. The molecule has 0 saturated heterocycles. The first-order valence-corrected chi connectivity index (χ1v) is 8.47. The Bertz CT molecular complexity index is 1020. The number of pyridine rings is 2. The van der Waals surface area contributed by atoms with Crippen LogP contribution in [0.25, 0.3) is 5.57 Å². The largest absolute Gasteiger partial charge is 0.384 e. The molecule has 1 amide bonds. The van der Waals surface area contributed by atoms with Crippen LogP contribution in [-0.4, -0.2) is 21.7 Å². The van der Waals surface area contributed by atoms with Gasteiger partial charge in [-0.2, -0.15) is 0 Å². The molecule has 7 nitrogen and oxygen atoms in total. The van der Waals surface area contributed by atoms with Crippen LogP contribution in [0.5, 0.6) is 0 Å². The Morgan fingerprint density at radius 2 is 1.79 bits per heavy atom. The van der Waals surface area contributed by atoms with Crippen LogP contribution in [-0.2, 0) is 4.79 Å². The molecule has 28 heavy (non-hydrogen) atoms. The molecule has 0 aliphatic heterocycles. The van der Waals surface area contributed by atoms with Crippen LogP contribution in [0, 0.1) is 0 Å². The average molecular weight is 373 g/mol. The molecular weight excluding hydrogens is 354 g/mol. The number of hydrogen-bond donors (Lipinski definition) is 3. The highest BCUT2D eigenvalue weighted by molar-refractivity contribution is 6.22. The molecule has 5 N–H and O–H groups in total. The lowest BCUT2D eigenvalue weighted by Gasteiger charge is -2.13. The Balaban J connectivity index is 1.70. The molecule has 2 aromatic heterocycles. The molecule has 0 aliphatic carbocycles. The van der Waals surface area contributed by atoms with Crippen LogP contribution in [0.2, 0.25) is 0 Å². The minimum atomic E-state index is -0.884. The van der Waals surface area contributed by atoms with Crippen LogP contribution in [0.4, 0.5) is 11.5 Å². The molecule has 0 aliphatic rings. The van der Waals surface area contributed by atoms with Crippen molar-refractivity contribution >= 4 is 28.8 Å². The number of amides is 1. The first kappa shape index (κ1) is 18.9. The van der Waals surface area contributed by atoms with Gasteiger partial charge in [-0.25, -0.2) is 4.98 Å². The van der Waals surface area contributed by atoms with Gasteiger partial charge in [0.1, 0.15) is 5.82 Å². The molecule has 1 aromatic carbocycles. The number of nitrogens with one attached hydrogen (secondary N) is 1. The topological polar surface area (TPSA) is 124 Å². The van der Waals surface area contributed by atoms with E-state index >= 15 is 0 Å². The number of rotatable bonds is 6. The summed E-state index contributed by atoms with van der Waals surface area (Å²) in [7, 11) is 0. The van der Waals surface area contributed by atoms with Crippen molar-refractivity contribution in [3.63, 3.8) is 0 Å². The van der Waals surface area contributed by atoms with Gasteiger partial charge < -0.3 is 16.8 Å². The van der Waals surface area contributed by atoms with Gasteiger partial charge >= 0.3 is 0 Å². The van der Waals surface area contributed by atoms with Gasteiger partial charge in [0.25, 0.3) is 5.91 Å². The first-order valence-electron chi connectivity index (χ1n) is 8.47. The molecule has 0 fully saturated rings. The molecule has 140 valence electrons. The van der Waals surface area contributed by atoms with Gasteiger partial charge in [0, 0.05) is 47.0 Å². The highest BCUT2D eigenvalue weighted by Crippen LogP contribution is 2.21. The molecule has 0 bridgehead atoms. The summed E-state index contributed by atoms with van der Waals surface area (Å²) >= 11 is 0. The van der Waals surface area contributed by atoms with E-state index in [0.29, 0.717) is 28.2 Å². The van der Waals surface area contributed by atoms with E-state index in [9.17, 15) is 9.59 Å². The highest BCUT2D eigenvalue weighted by atomic mass is 16.1. The molecule has 3 rings (SSSR count). The van der Waals surface area contributed by atoms with Crippen molar-refractivity contribution in [2.45, 2.75) is 6.04 Å². The van der Waals surface area contributed by atoms with E-state index in [-0.39, 0.29) is 17.3 Å². The van der Waals surface area contributed by atoms with E-state index < -0.39 is 6.04 Å². The molecule has 0 spiro atoms. The fourth-order valence-corrected chi connectivity index (χ4v) is 2.59. The quantitative estimate of drug-likeness (QED) is 0.571. The SMILES string of the molecule is C=C(C(=O)C(N)c1ccc(C(=O)Nc2ccnc(N)c2)cc1)c1cccnc1. The predicted molar refractivity (Wildman–Crippen MR) is 108 cm³/mol. The Morgan fingerprint density at radius 3 is 2.43 bits per heavy atom. The van der Waals surface area contributed by atoms with Crippen molar-refractivity contribution in [1.29, 1.82) is 0 Å². The number of carbonyl (C=O) groups is 2. The summed E-state index contributed by atoms with van der Waals surface area (Å²) in [4.78, 5) is 32.8. The van der Waals surface area contributed by atoms with Gasteiger partial charge in [-0.3, -0.25) is 14.6 Å². The number of anilines is 2. The summed E-state index contributed by atoms with van der Waals surface area (Å²) in [5.74, 6) is -0.305. The van der Waals surface area contributed by atoms with Gasteiger partial charge in [0.2, 0.25) is 0 Å². The van der Waals surface area contributed by atoms with E-state index in [1.807, 2.05) is 0 Å². The predicted octanol–water partition coefficient (Wildman–Crippen LogP) is 2.59. The molecular formula is C21H19N5O2. The lowest BCUT2D eigenvalue weighted by molar-refractivity contribution is -0.115. The van der Waals surface area contributed by atoms with Crippen LogP contribution >= 0.6 is 0 Å². The smallest absolute Gasteiger partial charge is 0.255 e. The van der Waals surface area contributed by atoms with Crippen molar-refractivity contribution in [1.82, 2.24) is 9.97 Å². The standard InChI is InChI=1S/C21H19N5O2/c1-13(16-3-2-9-24-12-16)20(27)19(23)14-4-6-15(7-5-14)21(28)26-17-8-10-25-18(22)11-17/h2-12,19H,1,23H2,(H3,22,25,26,28). The zero-order valence-corrected chi connectivity index (χ0v) is 15.0. The first-order chi connectivity index (χ1) is 13.5. The van der Waals surface area contributed by atoms with Gasteiger partial charge in [-0.15, -0.1) is 0 Å². The normalized spacial score (nSPS) is 11.5. The number of aromatic nitrogens is 2. The van der Waals surface area contributed by atoms with E-state index in [2.05, 4.69) is 21.9 Å². The fourth-order valence-electron chi connectivity index (χ4n) is 2.59. The molecule has 3 aromatic rings. The zero-order chi connectivity index (χ0) is 20.1. The van der Waals surface area contributed by atoms with E-state index in [0.717, 1.165) is 0 Å². The van der Waals surface area contributed by atoms with Crippen molar-refractivity contribution in [3.05, 3.63) is 90.4 Å². The summed E-state index contributed by atoms with van der Waals surface area (Å²) < 4.78 is 0. The summed E-state index contributed by atoms with van der Waals surface area (Å²) in [6, 6.07) is 12.3. The lowest BCUT2D eigenvalue weighted by atomic mass is 9.95. The van der Waals surface area contributed by atoms with Crippen LogP contribution < -0.4 is 16.8 Å². The number of hydrogen-bond acceptors (Lipinski definition) is 6. The van der Waals surface area contributed by atoms with Gasteiger partial charge in [0.15, 0.2) is 5.78 Å². The number of nitrogens with zero attached hydrogens (tertiary/aromatic N) is 2. The Labute approximate surface area is 162 Å². The molecule has 2 heterocycles. The maximum Gasteiger partial charge on any atom is 0.255 e. The third kappa shape index (κ3) is 4.28. The Kier molecular flexibility index (Phi) is 5.57. The summed E-state index contributed by atoms with van der Waals surface area (Å²) in [5.41, 5.74) is 14.2. The Morgan fingerprint density at radius 1 is 1.04 bits per heavy atom. The fraction of sp³-hybridized carbons (Fsp3) is 0.0476. The monoisotopic (exact) mass is 373 g/mol. The number of nitrogen functional groups attached to an aromatic ring is 1. The van der Waals surface area contributed by atoms with Crippen molar-refractivity contribution in [2.75, 3.05) is 11.1 Å². The molecule has 7 heteroatoms. The van der Waals surface area contributed by atoms with Crippen molar-refractivity contribution in [3.8, 4) is 0 Å². The minimum absolute atomic E-state index is 0.290. The van der Waals surface area contributed by atoms with Crippen molar-refractivity contribution < 1.29 is 9.59 Å². The third-order valence-electron chi connectivity index (χ3n) is 4.16. The van der Waals surface area contributed by atoms with Crippen LogP contribution in [0.1, 0.15) is 27.5 Å². The van der Waals surface area contributed by atoms with Gasteiger partial charge in [-0.05, 0) is 29.8 Å². The van der Waals surface area contributed by atoms with Gasteiger partial charge in [0.05, 0.1) is 6.04 Å². The maximum atomic E-state index is 12.6. The van der Waals surface area contributed by atoms with Crippen LogP contribution in [0.3, 0.4) is 0 Å². The minimum Gasteiger partial charge on any atom is -0.384 e. The number of benzene rings is 1. The Hall–Kier alpha value is -3.84. The summed E-state index contributed by atoms with van der Waals surface area (Å²) in [5, 5.41) is 2.73. The lowest BCUT2D eigenvalue weighted by Crippen LogP contribution is -2.22. The highest BCUT2D eigenvalue weighted by Gasteiger charge is 2.20. The van der Waals surface area contributed by atoms with Crippen molar-refractivity contribution in [2.24, 2.45) is 5.73 Å². The zero-order valence-electron chi connectivity index (χ0n) is 15.0. The number of Topliss-reactive ketones (excluding diaryl/α,β-unsaturated/α-hetero) is 1. The van der Waals surface area contributed by atoms with Crippen LogP contribution in [0.15, 0.2) is 73.7 Å². The molecule has 1 atom stereocenters. The van der Waals surface area contributed by atoms with Gasteiger partial charge in [-0.1, -0.05) is 24.8 Å². The summed E-state index contributed by atoms with van der Waals surface area (Å²) in [6.45, 7) is 3.82. The number of carbonyl (C=O) groups excluding carboxylic acids is 2. The molecule has 0 radical (unpaired) electrons.